The van der Waals surface area contributed by atoms with Crippen LogP contribution in [0.2, 0.25) is 0 Å². The van der Waals surface area contributed by atoms with E-state index in [-0.39, 0.29) is 6.04 Å². The molecule has 1 N–H and O–H groups in total. The summed E-state index contributed by atoms with van der Waals surface area (Å²) < 4.78 is 5.12. The second-order valence-electron chi connectivity index (χ2n) is 2.98. The Morgan fingerprint density at radius 3 is 3.07 bits per heavy atom. The molecule has 0 bridgehead atoms. The van der Waals surface area contributed by atoms with Crippen molar-refractivity contribution >= 4 is 11.3 Å². The van der Waals surface area contributed by atoms with Gasteiger partial charge in [0.05, 0.1) is 6.04 Å². The van der Waals surface area contributed by atoms with Gasteiger partial charge < -0.3 is 9.84 Å². The van der Waals surface area contributed by atoms with Gasteiger partial charge >= 0.3 is 0 Å². The molecule has 0 radical (unpaired) electrons. The van der Waals surface area contributed by atoms with Crippen molar-refractivity contribution in [3.63, 3.8) is 0 Å². The first-order valence-electron chi connectivity index (χ1n) is 4.34. The van der Waals surface area contributed by atoms with Crippen molar-refractivity contribution in [3.05, 3.63) is 22.7 Å². The largest absolute Gasteiger partial charge is 0.337 e. The number of rotatable bonds is 3. The van der Waals surface area contributed by atoms with Crippen LogP contribution in [0.5, 0.6) is 0 Å². The van der Waals surface area contributed by atoms with Gasteiger partial charge in [0, 0.05) is 10.9 Å². The second kappa shape index (κ2) is 3.89. The van der Waals surface area contributed by atoms with Crippen molar-refractivity contribution in [2.24, 2.45) is 0 Å². The predicted octanol–water partition coefficient (Wildman–Crippen LogP) is 2.08. The van der Waals surface area contributed by atoms with E-state index in [0.29, 0.717) is 11.7 Å². The first-order valence-corrected chi connectivity index (χ1v) is 5.29. The minimum Gasteiger partial charge on any atom is -0.337 e. The predicted molar refractivity (Wildman–Crippen MR) is 55.1 cm³/mol. The fourth-order valence-electron chi connectivity index (χ4n) is 1.04. The maximum atomic E-state index is 5.12. The van der Waals surface area contributed by atoms with Crippen LogP contribution in [-0.2, 0) is 0 Å². The molecule has 0 saturated carbocycles. The summed E-state index contributed by atoms with van der Waals surface area (Å²) in [5, 5.41) is 10.9. The monoisotopic (exact) mass is 209 g/mol. The van der Waals surface area contributed by atoms with E-state index in [2.05, 4.69) is 15.5 Å². The number of aromatic nitrogens is 2. The third kappa shape index (κ3) is 1.69. The second-order valence-corrected chi connectivity index (χ2v) is 3.76. The summed E-state index contributed by atoms with van der Waals surface area (Å²) >= 11 is 1.62. The van der Waals surface area contributed by atoms with Crippen LogP contribution in [0.15, 0.2) is 21.3 Å². The molecule has 4 nitrogen and oxygen atoms in total. The zero-order valence-corrected chi connectivity index (χ0v) is 8.84. The Kier molecular flexibility index (Phi) is 2.60. The van der Waals surface area contributed by atoms with Crippen molar-refractivity contribution < 1.29 is 4.52 Å². The summed E-state index contributed by atoms with van der Waals surface area (Å²) in [4.78, 5) is 4.29. The van der Waals surface area contributed by atoms with Gasteiger partial charge in [0.15, 0.2) is 0 Å². The van der Waals surface area contributed by atoms with Crippen LogP contribution >= 0.6 is 11.3 Å². The summed E-state index contributed by atoms with van der Waals surface area (Å²) in [5.41, 5.74) is 1.01. The standard InChI is InChI=1S/C9H11N3OS/c1-6(10-2)9-11-8(12-13-9)7-3-4-14-5-7/h3-6,10H,1-2H3. The third-order valence-corrected chi connectivity index (χ3v) is 2.71. The molecule has 74 valence electrons. The summed E-state index contributed by atoms with van der Waals surface area (Å²) in [6, 6.07) is 2.07. The van der Waals surface area contributed by atoms with Crippen molar-refractivity contribution in [3.8, 4) is 11.4 Å². The quantitative estimate of drug-likeness (QED) is 0.840. The van der Waals surface area contributed by atoms with Crippen molar-refractivity contribution in [2.75, 3.05) is 7.05 Å². The Balaban J connectivity index is 2.26. The minimum atomic E-state index is 0.0925. The summed E-state index contributed by atoms with van der Waals surface area (Å²) in [6.45, 7) is 1.98. The molecular weight excluding hydrogens is 198 g/mol. The lowest BCUT2D eigenvalue weighted by Crippen LogP contribution is -2.12. The molecule has 2 rings (SSSR count). The molecule has 2 aromatic heterocycles. The van der Waals surface area contributed by atoms with Crippen molar-refractivity contribution in [2.45, 2.75) is 13.0 Å². The molecule has 2 aromatic rings. The van der Waals surface area contributed by atoms with E-state index in [9.17, 15) is 0 Å². The van der Waals surface area contributed by atoms with Crippen LogP contribution in [0.25, 0.3) is 11.4 Å². The lowest BCUT2D eigenvalue weighted by molar-refractivity contribution is 0.347. The maximum absolute atomic E-state index is 5.12. The third-order valence-electron chi connectivity index (χ3n) is 2.02. The number of hydrogen-bond donors (Lipinski definition) is 1. The lowest BCUT2D eigenvalue weighted by Gasteiger charge is -2.01. The molecule has 0 spiro atoms. The van der Waals surface area contributed by atoms with E-state index in [1.807, 2.05) is 30.8 Å². The van der Waals surface area contributed by atoms with E-state index in [4.69, 9.17) is 4.52 Å². The minimum absolute atomic E-state index is 0.0925. The highest BCUT2D eigenvalue weighted by Gasteiger charge is 2.13. The average molecular weight is 209 g/mol. The highest BCUT2D eigenvalue weighted by atomic mass is 32.1. The molecule has 0 amide bonds. The molecule has 0 aromatic carbocycles. The number of nitrogens with zero attached hydrogens (tertiary/aromatic N) is 2. The molecule has 0 fully saturated rings. The van der Waals surface area contributed by atoms with Gasteiger partial charge in [0.1, 0.15) is 0 Å². The Morgan fingerprint density at radius 2 is 2.43 bits per heavy atom. The Labute approximate surface area is 86.0 Å². The van der Waals surface area contributed by atoms with Crippen LogP contribution in [0.1, 0.15) is 18.9 Å². The molecule has 0 aliphatic heterocycles. The lowest BCUT2D eigenvalue weighted by atomic mass is 10.3. The van der Waals surface area contributed by atoms with Gasteiger partial charge in [-0.2, -0.15) is 16.3 Å². The topological polar surface area (TPSA) is 51.0 Å². The SMILES string of the molecule is CNC(C)c1nc(-c2ccsc2)no1. The van der Waals surface area contributed by atoms with Gasteiger partial charge in [-0.15, -0.1) is 0 Å². The van der Waals surface area contributed by atoms with Crippen molar-refractivity contribution in [1.82, 2.24) is 15.5 Å². The molecule has 14 heavy (non-hydrogen) atoms. The van der Waals surface area contributed by atoms with Crippen molar-refractivity contribution in [1.29, 1.82) is 0 Å². The van der Waals surface area contributed by atoms with Gasteiger partial charge in [0.2, 0.25) is 11.7 Å². The molecular formula is C9H11N3OS. The summed E-state index contributed by atoms with van der Waals surface area (Å²) in [7, 11) is 1.86. The molecule has 0 saturated heterocycles. The molecule has 1 unspecified atom stereocenters. The first kappa shape index (κ1) is 9.36. The number of hydrogen-bond acceptors (Lipinski definition) is 5. The van der Waals surface area contributed by atoms with Gasteiger partial charge in [-0.1, -0.05) is 5.16 Å². The Bertz CT molecular complexity index is 396. The summed E-state index contributed by atoms with van der Waals surface area (Å²) in [5.74, 6) is 1.28. The van der Waals surface area contributed by atoms with Gasteiger partial charge in [-0.3, -0.25) is 0 Å². The Morgan fingerprint density at radius 1 is 1.57 bits per heavy atom. The summed E-state index contributed by atoms with van der Waals surface area (Å²) in [6.07, 6.45) is 0. The van der Waals surface area contributed by atoms with Crippen LogP contribution in [0.4, 0.5) is 0 Å². The van der Waals surface area contributed by atoms with Crippen LogP contribution in [-0.4, -0.2) is 17.2 Å². The Hall–Kier alpha value is -1.20. The van der Waals surface area contributed by atoms with Gasteiger partial charge in [-0.05, 0) is 25.4 Å². The van der Waals surface area contributed by atoms with E-state index < -0.39 is 0 Å². The van der Waals surface area contributed by atoms with Crippen LogP contribution < -0.4 is 5.32 Å². The average Bonchev–Trinajstić information content (AvgIpc) is 2.86. The maximum Gasteiger partial charge on any atom is 0.243 e. The highest BCUT2D eigenvalue weighted by molar-refractivity contribution is 7.08. The van der Waals surface area contributed by atoms with E-state index in [1.54, 1.807) is 11.3 Å². The molecule has 0 aliphatic carbocycles. The molecule has 1 atom stereocenters. The molecule has 0 aliphatic rings. The fraction of sp³-hybridized carbons (Fsp3) is 0.333. The smallest absolute Gasteiger partial charge is 0.243 e. The first-order chi connectivity index (χ1) is 6.81. The van der Waals surface area contributed by atoms with Crippen LogP contribution in [0.3, 0.4) is 0 Å². The number of nitrogens with one attached hydrogen (secondary N) is 1. The van der Waals surface area contributed by atoms with E-state index in [0.717, 1.165) is 5.56 Å². The van der Waals surface area contributed by atoms with E-state index >= 15 is 0 Å². The zero-order valence-electron chi connectivity index (χ0n) is 8.02. The van der Waals surface area contributed by atoms with Gasteiger partial charge in [-0.25, -0.2) is 0 Å². The van der Waals surface area contributed by atoms with Crippen LogP contribution in [0, 0.1) is 0 Å². The fourth-order valence-corrected chi connectivity index (χ4v) is 1.68. The van der Waals surface area contributed by atoms with E-state index in [1.165, 1.54) is 0 Å². The molecule has 2 heterocycles. The van der Waals surface area contributed by atoms with Gasteiger partial charge in [0.25, 0.3) is 0 Å². The normalized spacial score (nSPS) is 13.0. The zero-order chi connectivity index (χ0) is 9.97. The highest BCUT2D eigenvalue weighted by Crippen LogP contribution is 2.20. The number of thiophene rings is 1. The molecule has 5 heteroatoms.